The first-order chi connectivity index (χ1) is 5.89. The van der Waals surface area contributed by atoms with Gasteiger partial charge in [0.1, 0.15) is 5.78 Å². The third kappa shape index (κ3) is 0.954. The summed E-state index contributed by atoms with van der Waals surface area (Å²) in [7, 11) is 0. The summed E-state index contributed by atoms with van der Waals surface area (Å²) in [6.07, 6.45) is 2.12. The van der Waals surface area contributed by atoms with Gasteiger partial charge in [0.2, 0.25) is 0 Å². The lowest BCUT2D eigenvalue weighted by Gasteiger charge is -2.58. The first-order valence-electron chi connectivity index (χ1n) is 5.10. The first kappa shape index (κ1) is 9.20. The van der Waals surface area contributed by atoms with E-state index in [4.69, 9.17) is 0 Å². The summed E-state index contributed by atoms with van der Waals surface area (Å²) in [6.45, 7) is 6.25. The number of carbonyl (C=O) groups excluding carboxylic acids is 1. The molecular formula is C11H18O2. The normalized spacial score (nSPS) is 48.2. The average Bonchev–Trinajstić information content (AvgIpc) is 2.06. The number of rotatable bonds is 0. The molecule has 1 unspecified atom stereocenters. The maximum absolute atomic E-state index is 11.5. The third-order valence-electron chi connectivity index (χ3n) is 4.49. The van der Waals surface area contributed by atoms with E-state index in [9.17, 15) is 9.90 Å². The molecule has 0 saturated heterocycles. The highest BCUT2D eigenvalue weighted by molar-refractivity contribution is 5.91. The second-order valence-electron chi connectivity index (χ2n) is 5.47. The molecule has 0 spiro atoms. The number of hydrogen-bond donors (Lipinski definition) is 1. The molecule has 2 aliphatic carbocycles. The summed E-state index contributed by atoms with van der Waals surface area (Å²) >= 11 is 0. The summed E-state index contributed by atoms with van der Waals surface area (Å²) in [5.41, 5.74) is -0.177. The van der Waals surface area contributed by atoms with Crippen molar-refractivity contribution >= 4 is 5.78 Å². The maximum atomic E-state index is 11.5. The number of Topliss-reactive ketones (excluding diaryl/α,β-unsaturated/α-hetero) is 1. The maximum Gasteiger partial charge on any atom is 0.139 e. The van der Waals surface area contributed by atoms with E-state index in [1.54, 1.807) is 0 Å². The van der Waals surface area contributed by atoms with Gasteiger partial charge in [0.15, 0.2) is 0 Å². The van der Waals surface area contributed by atoms with E-state index in [1.807, 2.05) is 0 Å². The zero-order valence-corrected chi connectivity index (χ0v) is 8.63. The Balaban J connectivity index is 2.29. The minimum absolute atomic E-state index is 0.0685. The van der Waals surface area contributed by atoms with Gasteiger partial charge >= 0.3 is 0 Å². The van der Waals surface area contributed by atoms with Crippen LogP contribution in [0.4, 0.5) is 0 Å². The molecule has 1 N–H and O–H groups in total. The number of fused-ring (bicyclic) bond motifs is 1. The molecule has 2 heteroatoms. The van der Waals surface area contributed by atoms with Crippen LogP contribution in [0.15, 0.2) is 0 Å². The lowest BCUT2D eigenvalue weighted by atomic mass is 9.45. The van der Waals surface area contributed by atoms with Crippen molar-refractivity contribution in [3.63, 3.8) is 0 Å². The predicted molar refractivity (Wildman–Crippen MR) is 50.2 cm³/mol. The Labute approximate surface area is 79.3 Å². The molecule has 13 heavy (non-hydrogen) atoms. The van der Waals surface area contributed by atoms with Crippen LogP contribution in [0.5, 0.6) is 0 Å². The lowest BCUT2D eigenvalue weighted by molar-refractivity contribution is -0.174. The minimum atomic E-state index is -0.223. The van der Waals surface area contributed by atoms with Gasteiger partial charge in [0.25, 0.3) is 0 Å². The molecule has 3 atom stereocenters. The summed E-state index contributed by atoms with van der Waals surface area (Å²) < 4.78 is 0. The topological polar surface area (TPSA) is 37.3 Å². The summed E-state index contributed by atoms with van der Waals surface area (Å²) in [5, 5.41) is 9.85. The molecule has 74 valence electrons. The van der Waals surface area contributed by atoms with Crippen LogP contribution in [-0.4, -0.2) is 17.0 Å². The molecule has 0 aromatic heterocycles. The van der Waals surface area contributed by atoms with Crippen LogP contribution in [0.2, 0.25) is 0 Å². The standard InChI is InChI=1S/C11H18O2/c1-10(2)7-6-9(13)11(7,3)5-4-8(10)12/h7-8,12H,4-6H2,1-3H3/t7-,8?,11+/m0/s1. The highest BCUT2D eigenvalue weighted by Gasteiger charge is 2.60. The fraction of sp³-hybridized carbons (Fsp3) is 0.909. The highest BCUT2D eigenvalue weighted by Crippen LogP contribution is 2.59. The largest absolute Gasteiger partial charge is 0.393 e. The minimum Gasteiger partial charge on any atom is -0.393 e. The third-order valence-corrected chi connectivity index (χ3v) is 4.49. The van der Waals surface area contributed by atoms with E-state index in [0.717, 1.165) is 12.8 Å². The van der Waals surface area contributed by atoms with Crippen LogP contribution < -0.4 is 0 Å². The van der Waals surface area contributed by atoms with Crippen molar-refractivity contribution in [3.8, 4) is 0 Å². The molecule has 2 fully saturated rings. The molecule has 2 nitrogen and oxygen atoms in total. The summed E-state index contributed by atoms with van der Waals surface area (Å²) in [5.74, 6) is 0.800. The zero-order valence-electron chi connectivity index (χ0n) is 8.63. The molecule has 2 aliphatic rings. The molecule has 0 heterocycles. The van der Waals surface area contributed by atoms with Crippen molar-refractivity contribution in [2.45, 2.75) is 46.1 Å². The Morgan fingerprint density at radius 3 is 2.54 bits per heavy atom. The second-order valence-corrected chi connectivity index (χ2v) is 5.47. The molecular weight excluding hydrogens is 164 g/mol. The summed E-state index contributed by atoms with van der Waals surface area (Å²) in [4.78, 5) is 11.5. The molecule has 0 bridgehead atoms. The van der Waals surface area contributed by atoms with Gasteiger partial charge in [0.05, 0.1) is 6.10 Å². The van der Waals surface area contributed by atoms with Crippen molar-refractivity contribution in [2.75, 3.05) is 0 Å². The SMILES string of the molecule is CC1(C)C(O)CC[C@@]2(C)C(=O)C[C@@H]12. The number of aliphatic hydroxyl groups is 1. The molecule has 0 radical (unpaired) electrons. The average molecular weight is 182 g/mol. The highest BCUT2D eigenvalue weighted by atomic mass is 16.3. The van der Waals surface area contributed by atoms with Crippen molar-refractivity contribution < 1.29 is 9.90 Å². The molecule has 0 aromatic rings. The van der Waals surface area contributed by atoms with Gasteiger partial charge in [-0.05, 0) is 24.2 Å². The van der Waals surface area contributed by atoms with E-state index in [2.05, 4.69) is 20.8 Å². The van der Waals surface area contributed by atoms with Gasteiger partial charge in [0, 0.05) is 11.8 Å². The van der Waals surface area contributed by atoms with E-state index < -0.39 is 0 Å². The molecule has 0 amide bonds. The smallest absolute Gasteiger partial charge is 0.139 e. The van der Waals surface area contributed by atoms with Gasteiger partial charge < -0.3 is 5.11 Å². The van der Waals surface area contributed by atoms with Crippen LogP contribution in [-0.2, 0) is 4.79 Å². The van der Waals surface area contributed by atoms with E-state index in [0.29, 0.717) is 18.1 Å². The number of hydrogen-bond acceptors (Lipinski definition) is 2. The van der Waals surface area contributed by atoms with E-state index in [-0.39, 0.29) is 16.9 Å². The van der Waals surface area contributed by atoms with Gasteiger partial charge in [-0.25, -0.2) is 0 Å². The van der Waals surface area contributed by atoms with Crippen molar-refractivity contribution in [1.82, 2.24) is 0 Å². The lowest BCUT2D eigenvalue weighted by Crippen LogP contribution is -2.60. The van der Waals surface area contributed by atoms with Crippen LogP contribution in [0.3, 0.4) is 0 Å². The van der Waals surface area contributed by atoms with Crippen LogP contribution in [0.25, 0.3) is 0 Å². The molecule has 2 saturated carbocycles. The number of carbonyl (C=O) groups is 1. The fourth-order valence-corrected chi connectivity index (χ4v) is 3.15. The Bertz CT molecular complexity index is 257. The van der Waals surface area contributed by atoms with Crippen molar-refractivity contribution in [3.05, 3.63) is 0 Å². The van der Waals surface area contributed by atoms with Gasteiger partial charge in [-0.2, -0.15) is 0 Å². The molecule has 0 aliphatic heterocycles. The molecule has 0 aromatic carbocycles. The Morgan fingerprint density at radius 2 is 2.00 bits per heavy atom. The van der Waals surface area contributed by atoms with Crippen LogP contribution >= 0.6 is 0 Å². The van der Waals surface area contributed by atoms with E-state index >= 15 is 0 Å². The first-order valence-corrected chi connectivity index (χ1v) is 5.10. The summed E-state index contributed by atoms with van der Waals surface area (Å²) in [6, 6.07) is 0. The monoisotopic (exact) mass is 182 g/mol. The van der Waals surface area contributed by atoms with E-state index in [1.165, 1.54) is 0 Å². The number of aliphatic hydroxyl groups excluding tert-OH is 1. The van der Waals surface area contributed by atoms with Gasteiger partial charge in [-0.1, -0.05) is 20.8 Å². The fourth-order valence-electron chi connectivity index (χ4n) is 3.15. The van der Waals surface area contributed by atoms with Gasteiger partial charge in [-0.15, -0.1) is 0 Å². The predicted octanol–water partition coefficient (Wildman–Crippen LogP) is 1.76. The van der Waals surface area contributed by atoms with Crippen molar-refractivity contribution in [1.29, 1.82) is 0 Å². The Hall–Kier alpha value is -0.370. The quantitative estimate of drug-likeness (QED) is 0.620. The molecule has 2 rings (SSSR count). The van der Waals surface area contributed by atoms with Crippen LogP contribution in [0, 0.1) is 16.7 Å². The second kappa shape index (κ2) is 2.35. The Morgan fingerprint density at radius 1 is 1.38 bits per heavy atom. The van der Waals surface area contributed by atoms with Gasteiger partial charge in [-0.3, -0.25) is 4.79 Å². The zero-order chi connectivity index (χ0) is 9.85. The Kier molecular flexibility index (Phi) is 1.66. The number of ketones is 1. The van der Waals surface area contributed by atoms with Crippen LogP contribution in [0.1, 0.15) is 40.0 Å². The van der Waals surface area contributed by atoms with Crippen molar-refractivity contribution in [2.24, 2.45) is 16.7 Å².